The van der Waals surface area contributed by atoms with E-state index >= 15 is 0 Å². The number of aliphatic hydroxyl groups excluding tert-OH is 1. The summed E-state index contributed by atoms with van der Waals surface area (Å²) in [5.74, 6) is 0.649. The van der Waals surface area contributed by atoms with Crippen LogP contribution in [0.15, 0.2) is 66.7 Å². The third-order valence-corrected chi connectivity index (χ3v) is 4.40. The van der Waals surface area contributed by atoms with E-state index in [-0.39, 0.29) is 0 Å². The largest absolute Gasteiger partial charge is 0.384 e. The third-order valence-electron chi connectivity index (χ3n) is 4.40. The fourth-order valence-corrected chi connectivity index (χ4v) is 3.08. The van der Waals surface area contributed by atoms with Gasteiger partial charge in [-0.05, 0) is 52.3 Å². The molecule has 4 rings (SSSR count). The third kappa shape index (κ3) is 2.34. The molecule has 1 saturated carbocycles. The van der Waals surface area contributed by atoms with E-state index in [9.17, 15) is 5.11 Å². The Balaban J connectivity index is 1.77. The highest BCUT2D eigenvalue weighted by Gasteiger charge is 2.27. The molecule has 0 aromatic heterocycles. The van der Waals surface area contributed by atoms with Crippen LogP contribution < -0.4 is 0 Å². The number of hydrogen-bond donors (Lipinski definition) is 1. The van der Waals surface area contributed by atoms with Crippen molar-refractivity contribution in [2.75, 3.05) is 0 Å². The molecule has 0 spiro atoms. The van der Waals surface area contributed by atoms with Crippen LogP contribution in [0.25, 0.3) is 10.8 Å². The van der Waals surface area contributed by atoms with E-state index in [2.05, 4.69) is 42.5 Å². The van der Waals surface area contributed by atoms with Crippen molar-refractivity contribution in [3.8, 4) is 0 Å². The zero-order valence-corrected chi connectivity index (χ0v) is 11.9. The first-order valence-electron chi connectivity index (χ1n) is 7.58. The summed E-state index contributed by atoms with van der Waals surface area (Å²) in [5.41, 5.74) is 3.36. The first-order chi connectivity index (χ1) is 10.3. The highest BCUT2D eigenvalue weighted by molar-refractivity contribution is 5.83. The van der Waals surface area contributed by atoms with Crippen LogP contribution in [0.3, 0.4) is 0 Å². The van der Waals surface area contributed by atoms with Crippen LogP contribution >= 0.6 is 0 Å². The maximum atomic E-state index is 10.8. The maximum Gasteiger partial charge on any atom is 0.104 e. The van der Waals surface area contributed by atoms with E-state index < -0.39 is 6.10 Å². The van der Waals surface area contributed by atoms with Gasteiger partial charge in [0.2, 0.25) is 0 Å². The van der Waals surface area contributed by atoms with E-state index in [1.807, 2.05) is 24.3 Å². The Morgan fingerprint density at radius 3 is 2.33 bits per heavy atom. The Kier molecular flexibility index (Phi) is 3.01. The van der Waals surface area contributed by atoms with Gasteiger partial charge in [-0.25, -0.2) is 0 Å². The fourth-order valence-electron chi connectivity index (χ4n) is 3.08. The van der Waals surface area contributed by atoms with Gasteiger partial charge in [0, 0.05) is 0 Å². The molecule has 1 nitrogen and oxygen atoms in total. The lowest BCUT2D eigenvalue weighted by Gasteiger charge is -2.16. The van der Waals surface area contributed by atoms with Crippen LogP contribution in [-0.4, -0.2) is 5.11 Å². The molecule has 1 heteroatoms. The van der Waals surface area contributed by atoms with Gasteiger partial charge in [-0.2, -0.15) is 0 Å². The first kappa shape index (κ1) is 12.6. The van der Waals surface area contributed by atoms with Gasteiger partial charge in [0.05, 0.1) is 0 Å². The van der Waals surface area contributed by atoms with Gasteiger partial charge < -0.3 is 5.11 Å². The molecule has 1 aliphatic rings. The minimum Gasteiger partial charge on any atom is -0.384 e. The summed E-state index contributed by atoms with van der Waals surface area (Å²) in [7, 11) is 0. The molecule has 1 N–H and O–H groups in total. The van der Waals surface area contributed by atoms with Crippen molar-refractivity contribution in [3.63, 3.8) is 0 Å². The highest BCUT2D eigenvalue weighted by atomic mass is 16.3. The van der Waals surface area contributed by atoms with Crippen LogP contribution in [0.1, 0.15) is 41.6 Å². The SMILES string of the molecule is OC(c1ccc2ccccc2c1)c1ccccc1C1CC1. The molecule has 0 amide bonds. The summed E-state index contributed by atoms with van der Waals surface area (Å²) in [6.07, 6.45) is 1.97. The average Bonchev–Trinajstić information content (AvgIpc) is 3.38. The molecule has 0 bridgehead atoms. The van der Waals surface area contributed by atoms with Gasteiger partial charge in [0.15, 0.2) is 0 Å². The van der Waals surface area contributed by atoms with Gasteiger partial charge in [0.1, 0.15) is 6.10 Å². The number of benzene rings is 3. The average molecular weight is 274 g/mol. The van der Waals surface area contributed by atoms with Crippen molar-refractivity contribution >= 4 is 10.8 Å². The normalized spacial score (nSPS) is 16.0. The van der Waals surface area contributed by atoms with Crippen molar-refractivity contribution in [1.82, 2.24) is 0 Å². The molecule has 21 heavy (non-hydrogen) atoms. The molecule has 1 aliphatic carbocycles. The number of hydrogen-bond acceptors (Lipinski definition) is 1. The second-order valence-corrected chi connectivity index (χ2v) is 5.91. The van der Waals surface area contributed by atoms with Crippen LogP contribution in [-0.2, 0) is 0 Å². The Morgan fingerprint density at radius 2 is 1.52 bits per heavy atom. The van der Waals surface area contributed by atoms with Gasteiger partial charge >= 0.3 is 0 Å². The molecule has 1 unspecified atom stereocenters. The zero-order chi connectivity index (χ0) is 14.2. The number of rotatable bonds is 3. The quantitative estimate of drug-likeness (QED) is 0.727. The minimum absolute atomic E-state index is 0.536. The Bertz CT molecular complexity index is 786. The molecule has 0 heterocycles. The first-order valence-corrected chi connectivity index (χ1v) is 7.58. The molecule has 1 fully saturated rings. The summed E-state index contributed by atoms with van der Waals surface area (Å²) in [6, 6.07) is 22.8. The standard InChI is InChI=1S/C20H18O/c21-20(19-8-4-3-7-18(19)15-10-11-15)17-12-9-14-5-1-2-6-16(14)13-17/h1-9,12-13,15,20-21H,10-11H2. The Hall–Kier alpha value is -2.12. The second kappa shape index (κ2) is 5.01. The lowest BCUT2D eigenvalue weighted by molar-refractivity contribution is 0.219. The van der Waals surface area contributed by atoms with Crippen molar-refractivity contribution in [3.05, 3.63) is 83.4 Å². The van der Waals surface area contributed by atoms with E-state index in [4.69, 9.17) is 0 Å². The molecule has 1 atom stereocenters. The number of fused-ring (bicyclic) bond motifs is 1. The molecular weight excluding hydrogens is 256 g/mol. The molecule has 104 valence electrons. The molecule has 0 radical (unpaired) electrons. The summed E-state index contributed by atoms with van der Waals surface area (Å²) in [4.78, 5) is 0. The van der Waals surface area contributed by atoms with Crippen LogP contribution in [0.2, 0.25) is 0 Å². The van der Waals surface area contributed by atoms with Gasteiger partial charge in [-0.15, -0.1) is 0 Å². The maximum absolute atomic E-state index is 10.8. The zero-order valence-electron chi connectivity index (χ0n) is 11.9. The van der Waals surface area contributed by atoms with Gasteiger partial charge in [-0.1, -0.05) is 60.7 Å². The molecule has 3 aromatic carbocycles. The molecular formula is C20H18O. The van der Waals surface area contributed by atoms with E-state index in [1.165, 1.54) is 29.2 Å². The molecule has 0 aliphatic heterocycles. The van der Waals surface area contributed by atoms with Crippen molar-refractivity contribution in [2.45, 2.75) is 24.9 Å². The lowest BCUT2D eigenvalue weighted by Crippen LogP contribution is -2.03. The number of aliphatic hydroxyl groups is 1. The molecule has 3 aromatic rings. The van der Waals surface area contributed by atoms with Crippen molar-refractivity contribution in [1.29, 1.82) is 0 Å². The Labute approximate surface area is 124 Å². The Morgan fingerprint density at radius 1 is 0.810 bits per heavy atom. The minimum atomic E-state index is -0.536. The summed E-state index contributed by atoms with van der Waals surface area (Å²) < 4.78 is 0. The second-order valence-electron chi connectivity index (χ2n) is 5.91. The molecule has 0 saturated heterocycles. The van der Waals surface area contributed by atoms with E-state index in [1.54, 1.807) is 0 Å². The van der Waals surface area contributed by atoms with Crippen molar-refractivity contribution in [2.24, 2.45) is 0 Å². The predicted molar refractivity (Wildman–Crippen MR) is 86.4 cm³/mol. The monoisotopic (exact) mass is 274 g/mol. The van der Waals surface area contributed by atoms with Crippen LogP contribution in [0.4, 0.5) is 0 Å². The predicted octanol–water partition coefficient (Wildman–Crippen LogP) is 4.80. The highest BCUT2D eigenvalue weighted by Crippen LogP contribution is 2.43. The van der Waals surface area contributed by atoms with Crippen molar-refractivity contribution < 1.29 is 5.11 Å². The summed E-state index contributed by atoms with van der Waals surface area (Å²) >= 11 is 0. The van der Waals surface area contributed by atoms with Crippen LogP contribution in [0.5, 0.6) is 0 Å². The lowest BCUT2D eigenvalue weighted by atomic mass is 9.93. The topological polar surface area (TPSA) is 20.2 Å². The summed E-state index contributed by atoms with van der Waals surface area (Å²) in [6.45, 7) is 0. The van der Waals surface area contributed by atoms with Crippen LogP contribution in [0, 0.1) is 0 Å². The van der Waals surface area contributed by atoms with Gasteiger partial charge in [-0.3, -0.25) is 0 Å². The van der Waals surface area contributed by atoms with Gasteiger partial charge in [0.25, 0.3) is 0 Å². The van der Waals surface area contributed by atoms with E-state index in [0.29, 0.717) is 5.92 Å². The fraction of sp³-hybridized carbons (Fsp3) is 0.200. The smallest absolute Gasteiger partial charge is 0.104 e. The van der Waals surface area contributed by atoms with E-state index in [0.717, 1.165) is 11.1 Å². The summed E-state index contributed by atoms with van der Waals surface area (Å²) in [5, 5.41) is 13.2.